The summed E-state index contributed by atoms with van der Waals surface area (Å²) in [5.41, 5.74) is 2.25. The lowest BCUT2D eigenvalue weighted by Crippen LogP contribution is -2.49. The second kappa shape index (κ2) is 11.3. The van der Waals surface area contributed by atoms with E-state index in [1.54, 1.807) is 0 Å². The number of aromatic nitrogens is 1. The Labute approximate surface area is 210 Å². The summed E-state index contributed by atoms with van der Waals surface area (Å²) < 4.78 is 9.70. The molecule has 33 heavy (non-hydrogen) atoms. The maximum Gasteiger partial charge on any atom is 0.305 e. The summed E-state index contributed by atoms with van der Waals surface area (Å²) >= 11 is 7.17. The van der Waals surface area contributed by atoms with Gasteiger partial charge in [0.2, 0.25) is 0 Å². The number of β-amino-alcohol motifs (C(OH)–C–C–N with tert-alkyl or cyclic N) is 1. The molecular formula is C24H29Br2N3O4. The van der Waals surface area contributed by atoms with Gasteiger partial charge in [-0.15, -0.1) is 0 Å². The zero-order valence-electron chi connectivity index (χ0n) is 18.4. The molecule has 4 rings (SSSR count). The number of rotatable bonds is 10. The first-order valence-corrected chi connectivity index (χ1v) is 12.8. The fourth-order valence-electron chi connectivity index (χ4n) is 4.46. The Kier molecular flexibility index (Phi) is 8.43. The minimum Gasteiger partial charge on any atom is -0.481 e. The van der Waals surface area contributed by atoms with E-state index in [0.717, 1.165) is 52.7 Å². The van der Waals surface area contributed by atoms with E-state index in [4.69, 9.17) is 9.84 Å². The largest absolute Gasteiger partial charge is 0.481 e. The van der Waals surface area contributed by atoms with Gasteiger partial charge in [0.05, 0.1) is 32.3 Å². The number of benzene rings is 2. The molecule has 9 heteroatoms. The second-order valence-electron chi connectivity index (χ2n) is 8.49. The Balaban J connectivity index is 1.32. The number of nitrogens with zero attached hydrogens (tertiary/aromatic N) is 3. The van der Waals surface area contributed by atoms with Crippen molar-refractivity contribution in [2.75, 3.05) is 52.5 Å². The molecule has 178 valence electrons. The molecule has 0 spiro atoms. The molecule has 0 unspecified atom stereocenters. The quantitative estimate of drug-likeness (QED) is 0.354. The Morgan fingerprint density at radius 1 is 0.909 bits per heavy atom. The van der Waals surface area contributed by atoms with E-state index in [2.05, 4.69) is 70.5 Å². The van der Waals surface area contributed by atoms with Crippen LogP contribution in [0.4, 0.5) is 0 Å². The Bertz CT molecular complexity index is 1050. The van der Waals surface area contributed by atoms with Crippen molar-refractivity contribution in [2.24, 2.45) is 0 Å². The van der Waals surface area contributed by atoms with Crippen molar-refractivity contribution in [1.29, 1.82) is 0 Å². The van der Waals surface area contributed by atoms with E-state index in [1.807, 2.05) is 12.1 Å². The van der Waals surface area contributed by atoms with Crippen LogP contribution in [0.2, 0.25) is 0 Å². The minimum absolute atomic E-state index is 0.0478. The van der Waals surface area contributed by atoms with Crippen LogP contribution in [0.25, 0.3) is 21.8 Å². The molecule has 2 heterocycles. The van der Waals surface area contributed by atoms with Crippen molar-refractivity contribution in [3.05, 3.63) is 45.3 Å². The standard InChI is InChI=1S/C24H29Br2N3O4/c25-17-1-3-22-20(13-17)21-14-18(26)2-4-23(21)29(22)16-19(30)15-28-8-6-27(7-9-28)10-12-33-11-5-24(31)32/h1-4,13-14,19,30H,5-12,15-16H2,(H,31,32)/t19-/m1/s1. The maximum atomic E-state index is 10.9. The predicted octanol–water partition coefficient (Wildman–Crippen LogP) is 3.79. The van der Waals surface area contributed by atoms with Gasteiger partial charge in [-0.25, -0.2) is 0 Å². The molecule has 7 nitrogen and oxygen atoms in total. The summed E-state index contributed by atoms with van der Waals surface area (Å²) in [5, 5.41) is 21.9. The fraction of sp³-hybridized carbons (Fsp3) is 0.458. The van der Waals surface area contributed by atoms with Gasteiger partial charge in [0.25, 0.3) is 0 Å². The molecule has 0 radical (unpaired) electrons. The lowest BCUT2D eigenvalue weighted by molar-refractivity contribution is -0.138. The average molecular weight is 583 g/mol. The molecule has 0 bridgehead atoms. The molecule has 1 aromatic heterocycles. The van der Waals surface area contributed by atoms with E-state index in [0.29, 0.717) is 19.7 Å². The number of carbonyl (C=O) groups is 1. The number of aliphatic hydroxyl groups is 1. The molecule has 2 N–H and O–H groups in total. The number of ether oxygens (including phenoxy) is 1. The summed E-state index contributed by atoms with van der Waals surface area (Å²) in [6, 6.07) is 12.6. The lowest BCUT2D eigenvalue weighted by Gasteiger charge is -2.35. The molecule has 3 aromatic rings. The van der Waals surface area contributed by atoms with Crippen LogP contribution in [0.1, 0.15) is 6.42 Å². The van der Waals surface area contributed by atoms with Gasteiger partial charge >= 0.3 is 5.97 Å². The summed E-state index contributed by atoms with van der Waals surface area (Å²) in [6.45, 7) is 6.45. The molecule has 0 aliphatic carbocycles. The fourth-order valence-corrected chi connectivity index (χ4v) is 5.18. The van der Waals surface area contributed by atoms with Crippen molar-refractivity contribution in [3.8, 4) is 0 Å². The number of piperazine rings is 1. The zero-order chi connectivity index (χ0) is 23.4. The van der Waals surface area contributed by atoms with Crippen molar-refractivity contribution in [2.45, 2.75) is 19.1 Å². The second-order valence-corrected chi connectivity index (χ2v) is 10.3. The molecule has 0 saturated carbocycles. The first-order chi connectivity index (χ1) is 15.9. The molecule has 2 aromatic carbocycles. The highest BCUT2D eigenvalue weighted by Crippen LogP contribution is 2.33. The van der Waals surface area contributed by atoms with Gasteiger partial charge < -0.3 is 19.5 Å². The third-order valence-electron chi connectivity index (χ3n) is 6.13. The summed E-state index contributed by atoms with van der Waals surface area (Å²) in [4.78, 5) is 15.2. The molecule has 1 atom stereocenters. The number of halogens is 2. The average Bonchev–Trinajstić information content (AvgIpc) is 3.06. The number of hydrogen-bond acceptors (Lipinski definition) is 5. The van der Waals surface area contributed by atoms with Gasteiger partial charge in [0.1, 0.15) is 0 Å². The lowest BCUT2D eigenvalue weighted by atomic mass is 10.2. The van der Waals surface area contributed by atoms with Crippen LogP contribution in [0.3, 0.4) is 0 Å². The predicted molar refractivity (Wildman–Crippen MR) is 137 cm³/mol. The van der Waals surface area contributed by atoms with Crippen LogP contribution in [0.15, 0.2) is 45.3 Å². The molecule has 1 aliphatic heterocycles. The highest BCUT2D eigenvalue weighted by atomic mass is 79.9. The normalized spacial score (nSPS) is 16.6. The summed E-state index contributed by atoms with van der Waals surface area (Å²) in [7, 11) is 0. The third-order valence-corrected chi connectivity index (χ3v) is 7.11. The van der Waals surface area contributed by atoms with Crippen LogP contribution in [0.5, 0.6) is 0 Å². The van der Waals surface area contributed by atoms with E-state index < -0.39 is 12.1 Å². The third kappa shape index (κ3) is 6.35. The van der Waals surface area contributed by atoms with Gasteiger partial charge in [-0.1, -0.05) is 31.9 Å². The number of carboxylic acids is 1. The SMILES string of the molecule is O=C(O)CCOCCN1CCN(C[C@@H](O)Cn2c3ccc(Br)cc3c3cc(Br)ccc32)CC1. The Morgan fingerprint density at radius 2 is 1.48 bits per heavy atom. The Morgan fingerprint density at radius 3 is 2.06 bits per heavy atom. The number of hydrogen-bond donors (Lipinski definition) is 2. The number of aliphatic hydroxyl groups excluding tert-OH is 1. The Hall–Kier alpha value is -1.49. The monoisotopic (exact) mass is 581 g/mol. The van der Waals surface area contributed by atoms with Crippen LogP contribution in [-0.2, 0) is 16.1 Å². The van der Waals surface area contributed by atoms with E-state index in [1.165, 1.54) is 10.8 Å². The number of carboxylic acid groups (broad SMARTS) is 1. The highest BCUT2D eigenvalue weighted by Gasteiger charge is 2.21. The minimum atomic E-state index is -0.830. The molecular weight excluding hydrogens is 554 g/mol. The first-order valence-electron chi connectivity index (χ1n) is 11.2. The molecule has 0 amide bonds. The van der Waals surface area contributed by atoms with E-state index >= 15 is 0 Å². The van der Waals surface area contributed by atoms with Crippen molar-refractivity contribution in [3.63, 3.8) is 0 Å². The maximum absolute atomic E-state index is 10.9. The number of fused-ring (bicyclic) bond motifs is 3. The van der Waals surface area contributed by atoms with Gasteiger partial charge in [-0.2, -0.15) is 0 Å². The van der Waals surface area contributed by atoms with Gasteiger partial charge in [-0.05, 0) is 36.4 Å². The summed E-state index contributed by atoms with van der Waals surface area (Å²) in [6.07, 6.45) is -0.423. The topological polar surface area (TPSA) is 78.2 Å². The van der Waals surface area contributed by atoms with Crippen molar-refractivity contribution >= 4 is 59.6 Å². The van der Waals surface area contributed by atoms with E-state index in [-0.39, 0.29) is 13.0 Å². The van der Waals surface area contributed by atoms with Crippen LogP contribution in [-0.4, -0.2) is 89.1 Å². The van der Waals surface area contributed by atoms with Crippen LogP contribution in [0, 0.1) is 0 Å². The van der Waals surface area contributed by atoms with Crippen molar-refractivity contribution in [1.82, 2.24) is 14.4 Å². The van der Waals surface area contributed by atoms with Crippen LogP contribution < -0.4 is 0 Å². The van der Waals surface area contributed by atoms with E-state index in [9.17, 15) is 9.90 Å². The van der Waals surface area contributed by atoms with Gasteiger partial charge in [0.15, 0.2) is 0 Å². The first kappa shape index (κ1) is 24.6. The van der Waals surface area contributed by atoms with Crippen LogP contribution >= 0.6 is 31.9 Å². The molecule has 1 saturated heterocycles. The van der Waals surface area contributed by atoms with Crippen molar-refractivity contribution < 1.29 is 19.7 Å². The molecule has 1 aliphatic rings. The van der Waals surface area contributed by atoms with Gasteiger partial charge in [-0.3, -0.25) is 14.6 Å². The molecule has 1 fully saturated rings. The number of aliphatic carboxylic acids is 1. The summed E-state index contributed by atoms with van der Waals surface area (Å²) in [5.74, 6) is -0.830. The smallest absolute Gasteiger partial charge is 0.305 e. The highest BCUT2D eigenvalue weighted by molar-refractivity contribution is 9.10. The van der Waals surface area contributed by atoms with Gasteiger partial charge in [0, 0.05) is 70.0 Å². The zero-order valence-corrected chi connectivity index (χ0v) is 21.6.